The predicted octanol–water partition coefficient (Wildman–Crippen LogP) is 3.59. The zero-order chi connectivity index (χ0) is 13.7. The second-order valence-corrected chi connectivity index (χ2v) is 5.86. The molecule has 0 aliphatic rings. The summed E-state index contributed by atoms with van der Waals surface area (Å²) < 4.78 is 0. The van der Waals surface area contributed by atoms with E-state index < -0.39 is 0 Å². The molecule has 0 aliphatic carbocycles. The summed E-state index contributed by atoms with van der Waals surface area (Å²) in [5.41, 5.74) is 1.35. The second kappa shape index (κ2) is 6.52. The van der Waals surface area contributed by atoms with Crippen LogP contribution in [-0.2, 0) is 6.54 Å². The molecule has 0 bridgehead atoms. The molecule has 0 atom stereocenters. The molecule has 0 amide bonds. The summed E-state index contributed by atoms with van der Waals surface area (Å²) in [7, 11) is 0. The molecule has 2 rings (SSSR count). The Morgan fingerprint density at radius 2 is 1.89 bits per heavy atom. The third-order valence-corrected chi connectivity index (χ3v) is 4.00. The van der Waals surface area contributed by atoms with Gasteiger partial charge in [0.1, 0.15) is 11.6 Å². The molecular formula is C14H20N4S. The molecule has 0 unspecified atom stereocenters. The standard InChI is InChI=1S/C14H20N4S/c1-4-5-16-13-8-15-9-14(18-13)17-7-12-6-10(2)11(3)19-12/h6,8-9H,4-5,7H2,1-3H3,(H2,16,17,18). The molecule has 102 valence electrons. The highest BCUT2D eigenvalue weighted by molar-refractivity contribution is 7.12. The molecule has 19 heavy (non-hydrogen) atoms. The number of hydrogen-bond donors (Lipinski definition) is 2. The van der Waals surface area contributed by atoms with Crippen LogP contribution in [0.15, 0.2) is 18.5 Å². The Morgan fingerprint density at radius 1 is 1.16 bits per heavy atom. The third-order valence-electron chi connectivity index (χ3n) is 2.85. The van der Waals surface area contributed by atoms with Crippen LogP contribution in [0.3, 0.4) is 0 Å². The molecule has 0 aliphatic heterocycles. The number of aromatic nitrogens is 2. The normalized spacial score (nSPS) is 10.5. The van der Waals surface area contributed by atoms with Crippen LogP contribution in [0.5, 0.6) is 0 Å². The van der Waals surface area contributed by atoms with E-state index in [1.54, 1.807) is 12.4 Å². The molecule has 0 fully saturated rings. The van der Waals surface area contributed by atoms with Crippen LogP contribution < -0.4 is 10.6 Å². The van der Waals surface area contributed by atoms with E-state index in [4.69, 9.17) is 0 Å². The molecular weight excluding hydrogens is 256 g/mol. The van der Waals surface area contributed by atoms with E-state index in [2.05, 4.69) is 47.4 Å². The predicted molar refractivity (Wildman–Crippen MR) is 81.9 cm³/mol. The SMILES string of the molecule is CCCNc1cncc(NCc2cc(C)c(C)s2)n1. The van der Waals surface area contributed by atoms with Gasteiger partial charge < -0.3 is 10.6 Å². The van der Waals surface area contributed by atoms with E-state index in [0.717, 1.165) is 31.1 Å². The van der Waals surface area contributed by atoms with Gasteiger partial charge in [-0.05, 0) is 31.9 Å². The van der Waals surface area contributed by atoms with Crippen molar-refractivity contribution in [3.8, 4) is 0 Å². The zero-order valence-corrected chi connectivity index (χ0v) is 12.5. The van der Waals surface area contributed by atoms with Gasteiger partial charge in [-0.1, -0.05) is 6.92 Å². The van der Waals surface area contributed by atoms with Gasteiger partial charge >= 0.3 is 0 Å². The van der Waals surface area contributed by atoms with Crippen molar-refractivity contribution in [1.82, 2.24) is 9.97 Å². The fourth-order valence-electron chi connectivity index (χ4n) is 1.70. The van der Waals surface area contributed by atoms with E-state index in [0.29, 0.717) is 0 Å². The first-order valence-electron chi connectivity index (χ1n) is 6.54. The van der Waals surface area contributed by atoms with Crippen molar-refractivity contribution in [2.24, 2.45) is 0 Å². The van der Waals surface area contributed by atoms with E-state index >= 15 is 0 Å². The van der Waals surface area contributed by atoms with Crippen molar-refractivity contribution in [2.45, 2.75) is 33.7 Å². The molecule has 2 aromatic rings. The topological polar surface area (TPSA) is 49.8 Å². The maximum Gasteiger partial charge on any atom is 0.147 e. The van der Waals surface area contributed by atoms with Gasteiger partial charge in [-0.15, -0.1) is 11.3 Å². The molecule has 0 spiro atoms. The molecule has 4 nitrogen and oxygen atoms in total. The first kappa shape index (κ1) is 13.8. The van der Waals surface area contributed by atoms with Crippen LogP contribution in [0.4, 0.5) is 11.6 Å². The minimum Gasteiger partial charge on any atom is -0.369 e. The number of aryl methyl sites for hydroxylation is 2. The van der Waals surface area contributed by atoms with Crippen molar-refractivity contribution in [3.05, 3.63) is 33.8 Å². The lowest BCUT2D eigenvalue weighted by Gasteiger charge is -2.07. The molecule has 2 heterocycles. The molecule has 5 heteroatoms. The van der Waals surface area contributed by atoms with Gasteiger partial charge in [-0.3, -0.25) is 4.98 Å². The van der Waals surface area contributed by atoms with Gasteiger partial charge in [0.05, 0.1) is 18.9 Å². The van der Waals surface area contributed by atoms with Crippen molar-refractivity contribution in [1.29, 1.82) is 0 Å². The van der Waals surface area contributed by atoms with Gasteiger partial charge in [0, 0.05) is 16.3 Å². The fraction of sp³-hybridized carbons (Fsp3) is 0.429. The smallest absolute Gasteiger partial charge is 0.147 e. The number of nitrogens with zero attached hydrogens (tertiary/aromatic N) is 2. The largest absolute Gasteiger partial charge is 0.369 e. The van der Waals surface area contributed by atoms with Gasteiger partial charge in [-0.2, -0.15) is 0 Å². The highest BCUT2D eigenvalue weighted by Gasteiger charge is 2.02. The number of anilines is 2. The fourth-order valence-corrected chi connectivity index (χ4v) is 2.70. The lowest BCUT2D eigenvalue weighted by molar-refractivity contribution is 0.963. The minimum atomic E-state index is 0.797. The molecule has 0 aromatic carbocycles. The summed E-state index contributed by atoms with van der Waals surface area (Å²) >= 11 is 1.83. The lowest BCUT2D eigenvalue weighted by atomic mass is 10.3. The Kier molecular flexibility index (Phi) is 4.74. The van der Waals surface area contributed by atoms with Crippen LogP contribution in [0.2, 0.25) is 0 Å². The van der Waals surface area contributed by atoms with E-state index in [9.17, 15) is 0 Å². The van der Waals surface area contributed by atoms with Gasteiger partial charge in [0.15, 0.2) is 0 Å². The molecule has 0 saturated carbocycles. The van der Waals surface area contributed by atoms with Crippen LogP contribution in [0.25, 0.3) is 0 Å². The molecule has 2 aromatic heterocycles. The first-order chi connectivity index (χ1) is 9.19. The Labute approximate surface area is 118 Å². The summed E-state index contributed by atoms with van der Waals surface area (Å²) in [5, 5.41) is 6.55. The van der Waals surface area contributed by atoms with Crippen molar-refractivity contribution in [2.75, 3.05) is 17.2 Å². The van der Waals surface area contributed by atoms with E-state index in [1.165, 1.54) is 15.3 Å². The molecule has 0 radical (unpaired) electrons. The quantitative estimate of drug-likeness (QED) is 0.846. The van der Waals surface area contributed by atoms with Crippen LogP contribution >= 0.6 is 11.3 Å². The molecule has 2 N–H and O–H groups in total. The van der Waals surface area contributed by atoms with Gasteiger partial charge in [0.2, 0.25) is 0 Å². The number of rotatable bonds is 6. The van der Waals surface area contributed by atoms with Crippen molar-refractivity contribution < 1.29 is 0 Å². The maximum absolute atomic E-state index is 4.47. The molecule has 0 saturated heterocycles. The van der Waals surface area contributed by atoms with Gasteiger partial charge in [-0.25, -0.2) is 4.98 Å². The first-order valence-corrected chi connectivity index (χ1v) is 7.36. The average molecular weight is 276 g/mol. The summed E-state index contributed by atoms with van der Waals surface area (Å²) in [6, 6.07) is 2.22. The van der Waals surface area contributed by atoms with Crippen molar-refractivity contribution >= 4 is 23.0 Å². The maximum atomic E-state index is 4.47. The van der Waals surface area contributed by atoms with Crippen LogP contribution in [-0.4, -0.2) is 16.5 Å². The third kappa shape index (κ3) is 3.92. The monoisotopic (exact) mass is 276 g/mol. The lowest BCUT2D eigenvalue weighted by Crippen LogP contribution is -2.05. The summed E-state index contributed by atoms with van der Waals surface area (Å²) in [6.07, 6.45) is 4.58. The minimum absolute atomic E-state index is 0.797. The van der Waals surface area contributed by atoms with Crippen LogP contribution in [0.1, 0.15) is 28.7 Å². The Bertz CT molecular complexity index is 516. The highest BCUT2D eigenvalue weighted by Crippen LogP contribution is 2.21. The Hall–Kier alpha value is -1.62. The van der Waals surface area contributed by atoms with Crippen LogP contribution in [0, 0.1) is 13.8 Å². The number of nitrogens with one attached hydrogen (secondary N) is 2. The summed E-state index contributed by atoms with van der Waals surface area (Å²) in [4.78, 5) is 11.4. The van der Waals surface area contributed by atoms with E-state index in [-0.39, 0.29) is 0 Å². The number of hydrogen-bond acceptors (Lipinski definition) is 5. The van der Waals surface area contributed by atoms with E-state index in [1.807, 2.05) is 11.3 Å². The number of thiophene rings is 1. The Balaban J connectivity index is 1.95. The highest BCUT2D eigenvalue weighted by atomic mass is 32.1. The zero-order valence-electron chi connectivity index (χ0n) is 11.7. The van der Waals surface area contributed by atoms with Gasteiger partial charge in [0.25, 0.3) is 0 Å². The summed E-state index contributed by atoms with van der Waals surface area (Å²) in [5.74, 6) is 1.63. The van der Waals surface area contributed by atoms with Crippen molar-refractivity contribution in [3.63, 3.8) is 0 Å². The second-order valence-electron chi connectivity index (χ2n) is 4.52. The average Bonchev–Trinajstić information content (AvgIpc) is 2.74. The summed E-state index contributed by atoms with van der Waals surface area (Å²) in [6.45, 7) is 8.14. The Morgan fingerprint density at radius 3 is 2.53 bits per heavy atom.